The molecule has 20 heavy (non-hydrogen) atoms. The Kier molecular flexibility index (Phi) is 3.76. The summed E-state index contributed by atoms with van der Waals surface area (Å²) in [7, 11) is 0. The molecule has 0 spiro atoms. The van der Waals surface area contributed by atoms with E-state index in [1.807, 2.05) is 0 Å². The largest absolute Gasteiger partial charge is 0.505 e. The minimum absolute atomic E-state index is 0.00940. The number of carbonyl (C=O) groups is 1. The third-order valence-corrected chi connectivity index (χ3v) is 2.52. The van der Waals surface area contributed by atoms with E-state index in [1.54, 1.807) is 0 Å². The number of aromatic hydroxyl groups is 1. The molecule has 0 fully saturated rings. The number of nitro groups is 1. The molecule has 0 saturated carbocycles. The Morgan fingerprint density at radius 1 is 1.40 bits per heavy atom. The van der Waals surface area contributed by atoms with Crippen molar-refractivity contribution in [3.8, 4) is 5.75 Å². The van der Waals surface area contributed by atoms with Crippen molar-refractivity contribution in [2.75, 3.05) is 5.32 Å². The molecule has 0 unspecified atom stereocenters. The van der Waals surface area contributed by atoms with Crippen LogP contribution in [0.2, 0.25) is 5.15 Å². The summed E-state index contributed by atoms with van der Waals surface area (Å²) in [6.07, 6.45) is 2.38. The summed E-state index contributed by atoms with van der Waals surface area (Å²) in [5, 5.41) is 22.5. The number of hydrogen-bond donors (Lipinski definition) is 2. The number of carbonyl (C=O) groups excluding carboxylic acids is 1. The molecule has 8 nitrogen and oxygen atoms in total. The van der Waals surface area contributed by atoms with Crippen molar-refractivity contribution in [1.29, 1.82) is 0 Å². The zero-order valence-corrected chi connectivity index (χ0v) is 10.5. The second-order valence-corrected chi connectivity index (χ2v) is 3.99. The molecule has 0 aliphatic carbocycles. The topological polar surface area (TPSA) is 118 Å². The van der Waals surface area contributed by atoms with Gasteiger partial charge in [-0.25, -0.2) is 4.98 Å². The van der Waals surface area contributed by atoms with Crippen LogP contribution in [-0.4, -0.2) is 25.9 Å². The van der Waals surface area contributed by atoms with Gasteiger partial charge in [-0.1, -0.05) is 11.6 Å². The Morgan fingerprint density at radius 2 is 2.15 bits per heavy atom. The molecule has 102 valence electrons. The highest BCUT2D eigenvalue weighted by Crippen LogP contribution is 2.25. The number of hydrogen-bond acceptors (Lipinski definition) is 6. The number of halogens is 1. The van der Waals surface area contributed by atoms with Crippen molar-refractivity contribution in [3.05, 3.63) is 51.4 Å². The number of rotatable bonds is 3. The van der Waals surface area contributed by atoms with Crippen LogP contribution in [-0.2, 0) is 0 Å². The Hall–Kier alpha value is -2.74. The van der Waals surface area contributed by atoms with Crippen LogP contribution >= 0.6 is 11.6 Å². The predicted molar refractivity (Wildman–Crippen MR) is 69.8 cm³/mol. The van der Waals surface area contributed by atoms with Crippen LogP contribution < -0.4 is 5.32 Å². The van der Waals surface area contributed by atoms with Crippen LogP contribution in [0.4, 0.5) is 11.5 Å². The Morgan fingerprint density at radius 3 is 2.80 bits per heavy atom. The summed E-state index contributed by atoms with van der Waals surface area (Å²) in [5.74, 6) is -1.42. The van der Waals surface area contributed by atoms with Crippen LogP contribution in [0.25, 0.3) is 0 Å². The average Bonchev–Trinajstić information content (AvgIpc) is 2.38. The number of anilines is 1. The third-order valence-electron chi connectivity index (χ3n) is 2.31. The second kappa shape index (κ2) is 5.49. The normalized spacial score (nSPS) is 10.1. The molecule has 2 aromatic heterocycles. The first-order valence-electron chi connectivity index (χ1n) is 5.24. The lowest BCUT2D eigenvalue weighted by molar-refractivity contribution is -0.384. The second-order valence-electron chi connectivity index (χ2n) is 3.61. The van der Waals surface area contributed by atoms with E-state index >= 15 is 0 Å². The summed E-state index contributed by atoms with van der Waals surface area (Å²) in [6, 6.07) is 3.62. The highest BCUT2D eigenvalue weighted by atomic mass is 35.5. The van der Waals surface area contributed by atoms with Crippen molar-refractivity contribution < 1.29 is 14.8 Å². The molecule has 0 atom stereocenters. The maximum Gasteiger partial charge on any atom is 0.311 e. The summed E-state index contributed by atoms with van der Waals surface area (Å²) < 4.78 is 0. The molecule has 9 heteroatoms. The van der Waals surface area contributed by atoms with Crippen molar-refractivity contribution >= 4 is 29.0 Å². The standard InChI is InChI=1S/C11H7ClN4O4/c12-9-2-1-7(16(19)20)10(14-9)15-11(18)6-3-4-13-5-8(6)17/h1-5,17H,(H,14,15,18). The van der Waals surface area contributed by atoms with E-state index < -0.39 is 16.5 Å². The van der Waals surface area contributed by atoms with Gasteiger partial charge in [-0.05, 0) is 12.1 Å². The van der Waals surface area contributed by atoms with Gasteiger partial charge in [0.25, 0.3) is 5.91 Å². The first-order valence-corrected chi connectivity index (χ1v) is 5.62. The zero-order chi connectivity index (χ0) is 14.7. The van der Waals surface area contributed by atoms with Gasteiger partial charge in [-0.3, -0.25) is 19.9 Å². The molecule has 0 aliphatic rings. The lowest BCUT2D eigenvalue weighted by atomic mass is 10.2. The minimum atomic E-state index is -0.761. The molecular formula is C11H7ClN4O4. The molecule has 1 amide bonds. The van der Waals surface area contributed by atoms with Crippen molar-refractivity contribution in [2.24, 2.45) is 0 Å². The lowest BCUT2D eigenvalue weighted by Crippen LogP contribution is -2.14. The Balaban J connectivity index is 2.35. The van der Waals surface area contributed by atoms with Crippen LogP contribution in [0.15, 0.2) is 30.6 Å². The Labute approximate surface area is 117 Å². The van der Waals surface area contributed by atoms with Crippen LogP contribution in [0.3, 0.4) is 0 Å². The first kappa shape index (κ1) is 13.7. The number of pyridine rings is 2. The Bertz CT molecular complexity index is 692. The van der Waals surface area contributed by atoms with E-state index in [0.29, 0.717) is 0 Å². The van der Waals surface area contributed by atoms with E-state index in [9.17, 15) is 20.0 Å². The summed E-state index contributed by atoms with van der Waals surface area (Å²) in [5.41, 5.74) is -0.493. The van der Waals surface area contributed by atoms with Crippen molar-refractivity contribution in [1.82, 2.24) is 9.97 Å². The number of amides is 1. The van der Waals surface area contributed by atoms with Crippen LogP contribution in [0.1, 0.15) is 10.4 Å². The van der Waals surface area contributed by atoms with Gasteiger partial charge >= 0.3 is 5.69 Å². The molecule has 0 aliphatic heterocycles. The van der Waals surface area contributed by atoms with Crippen molar-refractivity contribution in [3.63, 3.8) is 0 Å². The van der Waals surface area contributed by atoms with Gasteiger partial charge in [0.05, 0.1) is 16.7 Å². The number of aromatic nitrogens is 2. The molecule has 0 aromatic carbocycles. The maximum absolute atomic E-state index is 11.9. The number of nitrogens with zero attached hydrogens (tertiary/aromatic N) is 3. The third kappa shape index (κ3) is 2.81. The first-order chi connectivity index (χ1) is 9.49. The van der Waals surface area contributed by atoms with Gasteiger partial charge in [0.1, 0.15) is 10.9 Å². The maximum atomic E-state index is 11.9. The molecule has 2 heterocycles. The smallest absolute Gasteiger partial charge is 0.311 e. The zero-order valence-electron chi connectivity index (χ0n) is 9.78. The average molecular weight is 295 g/mol. The molecule has 0 radical (unpaired) electrons. The highest BCUT2D eigenvalue weighted by molar-refractivity contribution is 6.29. The fourth-order valence-electron chi connectivity index (χ4n) is 1.42. The number of nitrogens with one attached hydrogen (secondary N) is 1. The summed E-state index contributed by atoms with van der Waals surface area (Å²) in [4.78, 5) is 29.3. The summed E-state index contributed by atoms with van der Waals surface area (Å²) in [6.45, 7) is 0. The molecule has 2 rings (SSSR count). The van der Waals surface area contributed by atoms with E-state index in [4.69, 9.17) is 11.6 Å². The van der Waals surface area contributed by atoms with Crippen molar-refractivity contribution in [2.45, 2.75) is 0 Å². The highest BCUT2D eigenvalue weighted by Gasteiger charge is 2.20. The molecule has 0 bridgehead atoms. The minimum Gasteiger partial charge on any atom is -0.505 e. The lowest BCUT2D eigenvalue weighted by Gasteiger charge is -2.06. The van der Waals surface area contributed by atoms with Gasteiger partial charge in [-0.15, -0.1) is 0 Å². The monoisotopic (exact) mass is 294 g/mol. The van der Waals surface area contributed by atoms with E-state index in [1.165, 1.54) is 18.3 Å². The van der Waals surface area contributed by atoms with Gasteiger partial charge in [0.15, 0.2) is 0 Å². The summed E-state index contributed by atoms with van der Waals surface area (Å²) >= 11 is 5.64. The molecular weight excluding hydrogens is 288 g/mol. The van der Waals surface area contributed by atoms with E-state index in [2.05, 4.69) is 15.3 Å². The van der Waals surface area contributed by atoms with Gasteiger partial charge in [0.2, 0.25) is 5.82 Å². The molecule has 0 saturated heterocycles. The van der Waals surface area contributed by atoms with E-state index in [0.717, 1.165) is 12.3 Å². The molecule has 2 aromatic rings. The predicted octanol–water partition coefficient (Wildman–Crippen LogP) is 2.00. The fraction of sp³-hybridized carbons (Fsp3) is 0. The van der Waals surface area contributed by atoms with E-state index in [-0.39, 0.29) is 22.3 Å². The van der Waals surface area contributed by atoms with Crippen LogP contribution in [0.5, 0.6) is 5.75 Å². The molecule has 2 N–H and O–H groups in total. The quantitative estimate of drug-likeness (QED) is 0.507. The van der Waals surface area contributed by atoms with Crippen LogP contribution in [0, 0.1) is 10.1 Å². The fourth-order valence-corrected chi connectivity index (χ4v) is 1.57. The van der Waals surface area contributed by atoms with Gasteiger partial charge in [0, 0.05) is 12.3 Å². The SMILES string of the molecule is O=C(Nc1nc(Cl)ccc1[N+](=O)[O-])c1ccncc1O. The van der Waals surface area contributed by atoms with Gasteiger partial charge in [-0.2, -0.15) is 0 Å². The van der Waals surface area contributed by atoms with Gasteiger partial charge < -0.3 is 10.4 Å².